The molecule has 0 radical (unpaired) electrons. The van der Waals surface area contributed by atoms with Crippen molar-refractivity contribution in [3.05, 3.63) is 77.9 Å². The normalized spacial score (nSPS) is 11.2. The molecule has 1 nitrogen and oxygen atoms in total. The fraction of sp³-hybridized carbons (Fsp3) is 0.176. The summed E-state index contributed by atoms with van der Waals surface area (Å²) in [4.78, 5) is 0. The molecule has 0 unspecified atom stereocenters. The minimum Gasteiger partial charge on any atom is -0.381 e. The third-order valence-electron chi connectivity index (χ3n) is 3.02. The Morgan fingerprint density at radius 3 is 2.38 bits per heavy atom. The van der Waals surface area contributed by atoms with Gasteiger partial charge in [-0.3, -0.25) is 0 Å². The second-order valence-corrected chi connectivity index (χ2v) is 4.84. The molecule has 0 amide bonds. The molecule has 0 fully saturated rings. The number of hydrogen-bond acceptors (Lipinski definition) is 1. The van der Waals surface area contributed by atoms with E-state index in [0.29, 0.717) is 18.5 Å². The van der Waals surface area contributed by atoms with Crippen LogP contribution in [0.2, 0.25) is 0 Å². The maximum Gasteiger partial charge on any atom is 0.416 e. The van der Waals surface area contributed by atoms with Crippen LogP contribution in [0.5, 0.6) is 0 Å². The minimum absolute atomic E-state index is 0.420. The van der Waals surface area contributed by atoms with E-state index in [1.54, 1.807) is 6.07 Å². The Morgan fingerprint density at radius 2 is 1.71 bits per heavy atom. The van der Waals surface area contributed by atoms with E-state index in [2.05, 4.69) is 11.9 Å². The lowest BCUT2D eigenvalue weighted by molar-refractivity contribution is -0.137. The zero-order chi connectivity index (χ0) is 15.3. The Kier molecular flexibility index (Phi) is 4.68. The van der Waals surface area contributed by atoms with Gasteiger partial charge in [-0.15, -0.1) is 0 Å². The monoisotopic (exact) mass is 291 g/mol. The van der Waals surface area contributed by atoms with Gasteiger partial charge < -0.3 is 5.32 Å². The van der Waals surface area contributed by atoms with Crippen molar-refractivity contribution in [2.75, 3.05) is 11.9 Å². The first-order valence-corrected chi connectivity index (χ1v) is 6.57. The molecule has 0 atom stereocenters. The second kappa shape index (κ2) is 6.48. The van der Waals surface area contributed by atoms with Crippen molar-refractivity contribution in [2.45, 2.75) is 12.6 Å². The number of rotatable bonds is 5. The molecule has 2 aromatic carbocycles. The highest BCUT2D eigenvalue weighted by atomic mass is 19.4. The van der Waals surface area contributed by atoms with Crippen molar-refractivity contribution in [2.24, 2.45) is 0 Å². The van der Waals surface area contributed by atoms with Crippen molar-refractivity contribution >= 4 is 5.69 Å². The maximum atomic E-state index is 12.6. The Bertz CT molecular complexity index is 603. The van der Waals surface area contributed by atoms with Gasteiger partial charge in [-0.1, -0.05) is 48.6 Å². The van der Waals surface area contributed by atoms with Gasteiger partial charge in [-0.25, -0.2) is 0 Å². The van der Waals surface area contributed by atoms with E-state index in [1.165, 1.54) is 12.1 Å². The van der Waals surface area contributed by atoms with Crippen LogP contribution in [-0.2, 0) is 12.6 Å². The molecule has 0 bridgehead atoms. The number of alkyl halides is 3. The lowest BCUT2D eigenvalue weighted by atomic mass is 10.0. The molecule has 0 heterocycles. The van der Waals surface area contributed by atoms with Crippen LogP contribution in [0.3, 0.4) is 0 Å². The Labute approximate surface area is 122 Å². The molecule has 4 heteroatoms. The fourth-order valence-corrected chi connectivity index (χ4v) is 1.99. The molecule has 1 N–H and O–H groups in total. The van der Waals surface area contributed by atoms with E-state index in [-0.39, 0.29) is 0 Å². The van der Waals surface area contributed by atoms with Crippen LogP contribution < -0.4 is 5.32 Å². The molecule has 0 aliphatic heterocycles. The van der Waals surface area contributed by atoms with Gasteiger partial charge in [-0.2, -0.15) is 13.2 Å². The van der Waals surface area contributed by atoms with Gasteiger partial charge in [0.1, 0.15) is 0 Å². The summed E-state index contributed by atoms with van der Waals surface area (Å²) in [7, 11) is 0. The molecule has 0 saturated heterocycles. The second-order valence-electron chi connectivity index (χ2n) is 4.84. The smallest absolute Gasteiger partial charge is 0.381 e. The van der Waals surface area contributed by atoms with E-state index >= 15 is 0 Å². The summed E-state index contributed by atoms with van der Waals surface area (Å²) in [5.74, 6) is 0. The average Bonchev–Trinajstić information content (AvgIpc) is 2.46. The molecule has 0 aliphatic carbocycles. The van der Waals surface area contributed by atoms with Gasteiger partial charge in [0, 0.05) is 12.2 Å². The number of nitrogens with one attached hydrogen (secondary N) is 1. The summed E-state index contributed by atoms with van der Waals surface area (Å²) in [6, 6.07) is 15.0. The number of para-hydroxylation sites is 1. The molecule has 2 rings (SSSR count). The van der Waals surface area contributed by atoms with Crippen LogP contribution >= 0.6 is 0 Å². The van der Waals surface area contributed by atoms with E-state index in [1.807, 2.05) is 30.3 Å². The van der Waals surface area contributed by atoms with Crippen molar-refractivity contribution in [3.8, 4) is 0 Å². The molecular formula is C17H16F3N. The van der Waals surface area contributed by atoms with Gasteiger partial charge in [0.05, 0.1) is 5.56 Å². The van der Waals surface area contributed by atoms with Crippen LogP contribution in [0.25, 0.3) is 0 Å². The van der Waals surface area contributed by atoms with Crippen LogP contribution in [0.15, 0.2) is 66.7 Å². The van der Waals surface area contributed by atoms with Gasteiger partial charge >= 0.3 is 6.18 Å². The number of anilines is 1. The number of benzene rings is 2. The van der Waals surface area contributed by atoms with Crippen molar-refractivity contribution in [1.29, 1.82) is 0 Å². The van der Waals surface area contributed by atoms with Crippen molar-refractivity contribution < 1.29 is 13.2 Å². The number of hydrogen-bond donors (Lipinski definition) is 1. The first-order chi connectivity index (χ1) is 9.95. The lowest BCUT2D eigenvalue weighted by Crippen LogP contribution is -2.08. The highest BCUT2D eigenvalue weighted by Crippen LogP contribution is 2.29. The Hall–Kier alpha value is -2.23. The Morgan fingerprint density at radius 1 is 1.00 bits per heavy atom. The molecule has 21 heavy (non-hydrogen) atoms. The predicted octanol–water partition coefficient (Wildman–Crippen LogP) is 4.92. The van der Waals surface area contributed by atoms with Gasteiger partial charge in [0.25, 0.3) is 0 Å². The standard InChI is InChI=1S/C17H16F3N/c1-13(12-21-16-8-3-2-4-9-16)10-14-6-5-7-15(11-14)17(18,19)20/h2-9,11,21H,1,10,12H2. The third kappa shape index (κ3) is 4.67. The first kappa shape index (κ1) is 15.2. The zero-order valence-corrected chi connectivity index (χ0v) is 11.5. The van der Waals surface area contributed by atoms with Crippen molar-refractivity contribution in [3.63, 3.8) is 0 Å². The summed E-state index contributed by atoms with van der Waals surface area (Å²) < 4.78 is 37.9. The largest absolute Gasteiger partial charge is 0.416 e. The maximum absolute atomic E-state index is 12.6. The Balaban J connectivity index is 1.94. The minimum atomic E-state index is -4.31. The molecule has 0 aromatic heterocycles. The summed E-state index contributed by atoms with van der Waals surface area (Å²) in [6.07, 6.45) is -3.89. The van der Waals surface area contributed by atoms with Crippen LogP contribution in [0.4, 0.5) is 18.9 Å². The van der Waals surface area contributed by atoms with E-state index in [0.717, 1.165) is 17.3 Å². The molecule has 0 spiro atoms. The average molecular weight is 291 g/mol. The molecular weight excluding hydrogens is 275 g/mol. The van der Waals surface area contributed by atoms with Crippen LogP contribution in [0, 0.1) is 0 Å². The van der Waals surface area contributed by atoms with Crippen molar-refractivity contribution in [1.82, 2.24) is 0 Å². The zero-order valence-electron chi connectivity index (χ0n) is 11.5. The van der Waals surface area contributed by atoms with E-state index in [4.69, 9.17) is 0 Å². The predicted molar refractivity (Wildman–Crippen MR) is 79.2 cm³/mol. The number of halogens is 3. The highest BCUT2D eigenvalue weighted by Gasteiger charge is 2.30. The van der Waals surface area contributed by atoms with Crippen LogP contribution in [0.1, 0.15) is 11.1 Å². The fourth-order valence-electron chi connectivity index (χ4n) is 1.99. The van der Waals surface area contributed by atoms with Gasteiger partial charge in [0.15, 0.2) is 0 Å². The summed E-state index contributed by atoms with van der Waals surface area (Å²) in [6.45, 7) is 4.44. The highest BCUT2D eigenvalue weighted by molar-refractivity contribution is 5.43. The molecule has 0 saturated carbocycles. The van der Waals surface area contributed by atoms with E-state index < -0.39 is 11.7 Å². The lowest BCUT2D eigenvalue weighted by Gasteiger charge is -2.11. The summed E-state index contributed by atoms with van der Waals surface area (Å²) in [5.41, 5.74) is 1.79. The first-order valence-electron chi connectivity index (χ1n) is 6.57. The molecule has 0 aliphatic rings. The molecule has 2 aromatic rings. The topological polar surface area (TPSA) is 12.0 Å². The summed E-state index contributed by atoms with van der Waals surface area (Å²) in [5, 5.41) is 3.19. The summed E-state index contributed by atoms with van der Waals surface area (Å²) >= 11 is 0. The van der Waals surface area contributed by atoms with Gasteiger partial charge in [0.2, 0.25) is 0 Å². The van der Waals surface area contributed by atoms with Crippen LogP contribution in [-0.4, -0.2) is 6.54 Å². The quantitative estimate of drug-likeness (QED) is 0.771. The SMILES string of the molecule is C=C(CNc1ccccc1)Cc1cccc(C(F)(F)F)c1. The molecule has 110 valence electrons. The van der Waals surface area contributed by atoms with E-state index in [9.17, 15) is 13.2 Å². The third-order valence-corrected chi connectivity index (χ3v) is 3.02. The van der Waals surface area contributed by atoms with Gasteiger partial charge in [-0.05, 0) is 30.2 Å².